The lowest BCUT2D eigenvalue weighted by Gasteiger charge is -2.46. The molecule has 1 fully saturated rings. The van der Waals surface area contributed by atoms with Crippen LogP contribution >= 0.6 is 0 Å². The lowest BCUT2D eigenvalue weighted by atomic mass is 9.69. The number of β-lactam (4-membered cyclic amide) rings is 1. The lowest BCUT2D eigenvalue weighted by Crippen LogP contribution is -2.59. The number of hydrogen-bond acceptors (Lipinski definition) is 1. The van der Waals surface area contributed by atoms with Gasteiger partial charge in [-0.15, -0.1) is 0 Å². The van der Waals surface area contributed by atoms with Gasteiger partial charge in [0.15, 0.2) is 0 Å². The van der Waals surface area contributed by atoms with Crippen LogP contribution in [0.1, 0.15) is 31.9 Å². The van der Waals surface area contributed by atoms with Crippen LogP contribution in [0.15, 0.2) is 30.3 Å². The summed E-state index contributed by atoms with van der Waals surface area (Å²) in [5.74, 6) is 0.175. The van der Waals surface area contributed by atoms with Crippen molar-refractivity contribution in [2.45, 2.75) is 26.3 Å². The summed E-state index contributed by atoms with van der Waals surface area (Å²) >= 11 is 0. The third-order valence-corrected chi connectivity index (χ3v) is 3.30. The van der Waals surface area contributed by atoms with E-state index >= 15 is 0 Å². The SMILES string of the molecule is CCC1(C)C(=O)NC1c1ccccc1. The predicted octanol–water partition coefficient (Wildman–Crippen LogP) is 2.27. The standard InChI is InChI=1S/C12H15NO/c1-3-12(2)10(13-11(12)14)9-7-5-4-6-8-9/h4-8,10H,3H2,1-2H3,(H,13,14). The maximum absolute atomic E-state index is 11.5. The molecule has 0 saturated carbocycles. The van der Waals surface area contributed by atoms with E-state index in [1.54, 1.807) is 0 Å². The maximum atomic E-state index is 11.5. The van der Waals surface area contributed by atoms with Crippen LogP contribution in [-0.4, -0.2) is 5.91 Å². The molecule has 1 aromatic rings. The van der Waals surface area contributed by atoms with Crippen molar-refractivity contribution in [2.75, 3.05) is 0 Å². The van der Waals surface area contributed by atoms with Crippen LogP contribution in [0.25, 0.3) is 0 Å². The highest BCUT2D eigenvalue weighted by atomic mass is 16.2. The first-order chi connectivity index (χ1) is 6.68. The topological polar surface area (TPSA) is 29.1 Å². The minimum absolute atomic E-state index is 0.175. The van der Waals surface area contributed by atoms with Gasteiger partial charge >= 0.3 is 0 Å². The second kappa shape index (κ2) is 3.12. The molecule has 1 N–H and O–H groups in total. The Morgan fingerprint density at radius 1 is 1.36 bits per heavy atom. The highest BCUT2D eigenvalue weighted by Gasteiger charge is 2.50. The summed E-state index contributed by atoms with van der Waals surface area (Å²) in [6, 6.07) is 10.3. The number of benzene rings is 1. The van der Waals surface area contributed by atoms with Crippen LogP contribution in [0, 0.1) is 5.41 Å². The fraction of sp³-hybridized carbons (Fsp3) is 0.417. The largest absolute Gasteiger partial charge is 0.348 e. The van der Waals surface area contributed by atoms with Gasteiger partial charge in [0, 0.05) is 0 Å². The summed E-state index contributed by atoms with van der Waals surface area (Å²) in [6.07, 6.45) is 0.887. The Kier molecular flexibility index (Phi) is 2.06. The van der Waals surface area contributed by atoms with Gasteiger partial charge in [0.25, 0.3) is 0 Å². The fourth-order valence-corrected chi connectivity index (χ4v) is 1.97. The Hall–Kier alpha value is -1.31. The molecule has 2 atom stereocenters. The normalized spacial score (nSPS) is 30.7. The van der Waals surface area contributed by atoms with Crippen molar-refractivity contribution in [1.29, 1.82) is 0 Å². The molecule has 1 heterocycles. The van der Waals surface area contributed by atoms with E-state index in [1.807, 2.05) is 25.1 Å². The zero-order chi connectivity index (χ0) is 10.2. The monoisotopic (exact) mass is 189 g/mol. The van der Waals surface area contributed by atoms with E-state index in [4.69, 9.17) is 0 Å². The first-order valence-electron chi connectivity index (χ1n) is 5.04. The Bertz CT molecular complexity index is 347. The minimum Gasteiger partial charge on any atom is -0.348 e. The van der Waals surface area contributed by atoms with E-state index in [-0.39, 0.29) is 17.4 Å². The second-order valence-corrected chi connectivity index (χ2v) is 4.09. The zero-order valence-corrected chi connectivity index (χ0v) is 8.58. The van der Waals surface area contributed by atoms with Crippen molar-refractivity contribution in [2.24, 2.45) is 5.41 Å². The predicted molar refractivity (Wildman–Crippen MR) is 55.7 cm³/mol. The summed E-state index contributed by atoms with van der Waals surface area (Å²) in [4.78, 5) is 11.5. The molecule has 2 unspecified atom stereocenters. The second-order valence-electron chi connectivity index (χ2n) is 4.09. The molecule has 2 rings (SSSR count). The number of carbonyl (C=O) groups is 1. The van der Waals surface area contributed by atoms with Gasteiger partial charge in [0.05, 0.1) is 11.5 Å². The average molecular weight is 189 g/mol. The quantitative estimate of drug-likeness (QED) is 0.710. The Morgan fingerprint density at radius 2 is 2.00 bits per heavy atom. The van der Waals surface area contributed by atoms with E-state index in [1.165, 1.54) is 5.56 Å². The smallest absolute Gasteiger partial charge is 0.228 e. The first-order valence-corrected chi connectivity index (χ1v) is 5.04. The molecule has 1 aliphatic heterocycles. The first kappa shape index (κ1) is 9.25. The van der Waals surface area contributed by atoms with Gasteiger partial charge in [0.2, 0.25) is 5.91 Å². The average Bonchev–Trinajstić information content (AvgIpc) is 2.25. The molecule has 0 radical (unpaired) electrons. The molecular formula is C12H15NO. The minimum atomic E-state index is -0.207. The maximum Gasteiger partial charge on any atom is 0.228 e. The van der Waals surface area contributed by atoms with Crippen molar-refractivity contribution < 1.29 is 4.79 Å². The molecule has 1 saturated heterocycles. The molecule has 0 bridgehead atoms. The third-order valence-electron chi connectivity index (χ3n) is 3.30. The van der Waals surface area contributed by atoms with Crippen LogP contribution in [0.4, 0.5) is 0 Å². The Morgan fingerprint density at radius 3 is 2.50 bits per heavy atom. The van der Waals surface area contributed by atoms with Gasteiger partial charge in [-0.25, -0.2) is 0 Å². The summed E-state index contributed by atoms with van der Waals surface area (Å²) < 4.78 is 0. The molecule has 0 aromatic heterocycles. The van der Waals surface area contributed by atoms with E-state index in [2.05, 4.69) is 24.4 Å². The van der Waals surface area contributed by atoms with Gasteiger partial charge in [-0.05, 0) is 18.9 Å². The van der Waals surface area contributed by atoms with Gasteiger partial charge in [-0.2, -0.15) is 0 Å². The molecule has 1 aliphatic rings. The molecular weight excluding hydrogens is 174 g/mol. The van der Waals surface area contributed by atoms with Gasteiger partial charge in [-0.3, -0.25) is 4.79 Å². The van der Waals surface area contributed by atoms with Crippen LogP contribution in [0.2, 0.25) is 0 Å². The number of rotatable bonds is 2. The number of hydrogen-bond donors (Lipinski definition) is 1. The number of amides is 1. The van der Waals surface area contributed by atoms with Gasteiger partial charge in [0.1, 0.15) is 0 Å². The highest BCUT2D eigenvalue weighted by molar-refractivity contribution is 5.90. The lowest BCUT2D eigenvalue weighted by molar-refractivity contribution is -0.145. The van der Waals surface area contributed by atoms with Crippen molar-refractivity contribution in [1.82, 2.24) is 5.32 Å². The van der Waals surface area contributed by atoms with Gasteiger partial charge in [-0.1, -0.05) is 37.3 Å². The van der Waals surface area contributed by atoms with Crippen molar-refractivity contribution in [3.63, 3.8) is 0 Å². The van der Waals surface area contributed by atoms with Crippen molar-refractivity contribution in [3.05, 3.63) is 35.9 Å². The molecule has 14 heavy (non-hydrogen) atoms. The summed E-state index contributed by atoms with van der Waals surface area (Å²) in [5, 5.41) is 2.96. The molecule has 74 valence electrons. The van der Waals surface area contributed by atoms with E-state index < -0.39 is 0 Å². The molecule has 1 amide bonds. The van der Waals surface area contributed by atoms with Crippen molar-refractivity contribution >= 4 is 5.91 Å². The summed E-state index contributed by atoms with van der Waals surface area (Å²) in [7, 11) is 0. The van der Waals surface area contributed by atoms with E-state index in [0.717, 1.165) is 6.42 Å². The van der Waals surface area contributed by atoms with Crippen molar-refractivity contribution in [3.8, 4) is 0 Å². The zero-order valence-electron chi connectivity index (χ0n) is 8.58. The van der Waals surface area contributed by atoms with Crippen LogP contribution in [0.3, 0.4) is 0 Å². The van der Waals surface area contributed by atoms with E-state index in [0.29, 0.717) is 0 Å². The Labute approximate surface area is 84.3 Å². The molecule has 2 nitrogen and oxygen atoms in total. The highest BCUT2D eigenvalue weighted by Crippen LogP contribution is 2.44. The number of nitrogens with one attached hydrogen (secondary N) is 1. The van der Waals surface area contributed by atoms with Crippen LogP contribution in [0.5, 0.6) is 0 Å². The molecule has 0 spiro atoms. The number of carbonyl (C=O) groups excluding carboxylic acids is 1. The summed E-state index contributed by atoms with van der Waals surface area (Å²) in [6.45, 7) is 4.10. The van der Waals surface area contributed by atoms with Crippen LogP contribution < -0.4 is 5.32 Å². The summed E-state index contributed by atoms with van der Waals surface area (Å²) in [5.41, 5.74) is 0.998. The molecule has 1 aromatic carbocycles. The Balaban J connectivity index is 2.27. The molecule has 0 aliphatic carbocycles. The third kappa shape index (κ3) is 1.14. The van der Waals surface area contributed by atoms with E-state index in [9.17, 15) is 4.79 Å². The van der Waals surface area contributed by atoms with Gasteiger partial charge < -0.3 is 5.32 Å². The van der Waals surface area contributed by atoms with Crippen LogP contribution in [-0.2, 0) is 4.79 Å². The fourth-order valence-electron chi connectivity index (χ4n) is 1.97. The molecule has 2 heteroatoms.